The Hall–Kier alpha value is -1.05. The molecule has 0 aromatic rings. The highest BCUT2D eigenvalue weighted by Crippen LogP contribution is 2.38. The summed E-state index contributed by atoms with van der Waals surface area (Å²) >= 11 is 0. The Morgan fingerprint density at radius 3 is 2.86 bits per heavy atom. The molecular formula is C12H16O2. The average molecular weight is 192 g/mol. The van der Waals surface area contributed by atoms with Crippen LogP contribution in [0.5, 0.6) is 0 Å². The van der Waals surface area contributed by atoms with Crippen molar-refractivity contribution < 1.29 is 9.53 Å². The molecule has 14 heavy (non-hydrogen) atoms. The first-order valence-electron chi connectivity index (χ1n) is 5.18. The van der Waals surface area contributed by atoms with Crippen molar-refractivity contribution >= 4 is 5.97 Å². The summed E-state index contributed by atoms with van der Waals surface area (Å²) in [5, 5.41) is 0. The number of rotatable bonds is 1. The van der Waals surface area contributed by atoms with Gasteiger partial charge in [-0.3, -0.25) is 4.79 Å². The SMILES string of the molecule is C=C(C)[C@H]1C=C[C@]2(CCC(=O)O2)CC1. The first-order valence-corrected chi connectivity index (χ1v) is 5.18. The molecule has 2 heteroatoms. The second-order valence-corrected chi connectivity index (χ2v) is 4.39. The molecule has 0 N–H and O–H groups in total. The maximum Gasteiger partial charge on any atom is 0.306 e. The molecule has 0 aromatic carbocycles. The highest BCUT2D eigenvalue weighted by atomic mass is 16.6. The minimum atomic E-state index is -0.261. The van der Waals surface area contributed by atoms with Gasteiger partial charge in [-0.2, -0.15) is 0 Å². The molecule has 2 rings (SSSR count). The van der Waals surface area contributed by atoms with Crippen molar-refractivity contribution in [3.8, 4) is 0 Å². The van der Waals surface area contributed by atoms with E-state index in [1.54, 1.807) is 0 Å². The van der Waals surface area contributed by atoms with E-state index in [1.165, 1.54) is 5.57 Å². The third-order valence-electron chi connectivity index (χ3n) is 3.21. The van der Waals surface area contributed by atoms with Gasteiger partial charge in [-0.1, -0.05) is 18.2 Å². The van der Waals surface area contributed by atoms with Crippen LogP contribution in [0.25, 0.3) is 0 Å². The van der Waals surface area contributed by atoms with Gasteiger partial charge in [0.25, 0.3) is 0 Å². The molecule has 1 fully saturated rings. The smallest absolute Gasteiger partial charge is 0.306 e. The second-order valence-electron chi connectivity index (χ2n) is 4.39. The van der Waals surface area contributed by atoms with Crippen molar-refractivity contribution in [3.05, 3.63) is 24.3 Å². The maximum atomic E-state index is 11.1. The monoisotopic (exact) mass is 192 g/mol. The molecule has 1 heterocycles. The third kappa shape index (κ3) is 1.61. The average Bonchev–Trinajstić information content (AvgIpc) is 2.48. The first-order chi connectivity index (χ1) is 6.61. The van der Waals surface area contributed by atoms with Gasteiger partial charge in [0, 0.05) is 12.8 Å². The predicted molar refractivity (Wildman–Crippen MR) is 54.7 cm³/mol. The van der Waals surface area contributed by atoms with Crippen LogP contribution in [0.4, 0.5) is 0 Å². The van der Waals surface area contributed by atoms with E-state index in [2.05, 4.69) is 18.7 Å². The summed E-state index contributed by atoms with van der Waals surface area (Å²) in [4.78, 5) is 11.1. The highest BCUT2D eigenvalue weighted by molar-refractivity contribution is 5.72. The molecule has 2 nitrogen and oxygen atoms in total. The van der Waals surface area contributed by atoms with Gasteiger partial charge < -0.3 is 4.74 Å². The minimum Gasteiger partial charge on any atom is -0.455 e. The Bertz CT molecular complexity index is 303. The summed E-state index contributed by atoms with van der Waals surface area (Å²) in [5.41, 5.74) is 0.934. The number of allylic oxidation sites excluding steroid dienone is 2. The molecule has 0 aromatic heterocycles. The van der Waals surface area contributed by atoms with Crippen LogP contribution >= 0.6 is 0 Å². The summed E-state index contributed by atoms with van der Waals surface area (Å²) in [6.45, 7) is 6.00. The van der Waals surface area contributed by atoms with Crippen LogP contribution in [0.1, 0.15) is 32.6 Å². The van der Waals surface area contributed by atoms with Crippen molar-refractivity contribution in [1.29, 1.82) is 0 Å². The Morgan fingerprint density at radius 1 is 1.64 bits per heavy atom. The molecule has 1 saturated heterocycles. The van der Waals surface area contributed by atoms with Crippen LogP contribution in [-0.2, 0) is 9.53 Å². The zero-order valence-electron chi connectivity index (χ0n) is 8.58. The van der Waals surface area contributed by atoms with E-state index in [0.29, 0.717) is 12.3 Å². The molecule has 0 radical (unpaired) electrons. The second kappa shape index (κ2) is 3.26. The van der Waals surface area contributed by atoms with E-state index >= 15 is 0 Å². The zero-order chi connectivity index (χ0) is 10.2. The van der Waals surface area contributed by atoms with Crippen LogP contribution in [0.15, 0.2) is 24.3 Å². The Labute approximate surface area is 84.6 Å². The lowest BCUT2D eigenvalue weighted by Gasteiger charge is -2.30. The Balaban J connectivity index is 2.10. The topological polar surface area (TPSA) is 26.3 Å². The number of esters is 1. The number of hydrogen-bond donors (Lipinski definition) is 0. The zero-order valence-corrected chi connectivity index (χ0v) is 8.58. The Morgan fingerprint density at radius 2 is 2.43 bits per heavy atom. The van der Waals surface area contributed by atoms with Crippen molar-refractivity contribution in [1.82, 2.24) is 0 Å². The molecule has 0 amide bonds. The number of ether oxygens (including phenoxy) is 1. The lowest BCUT2D eigenvalue weighted by molar-refractivity contribution is -0.146. The van der Waals surface area contributed by atoms with Crippen LogP contribution in [0, 0.1) is 5.92 Å². The molecule has 1 spiro atoms. The maximum absolute atomic E-state index is 11.1. The fourth-order valence-corrected chi connectivity index (χ4v) is 2.22. The molecule has 2 aliphatic rings. The standard InChI is InChI=1S/C12H16O2/c1-9(2)10-3-6-12(7-4-10)8-5-11(13)14-12/h3,6,10H,1,4-5,7-8H2,2H3/t10-,12+/m0/s1. The number of hydrogen-bond acceptors (Lipinski definition) is 2. The summed E-state index contributed by atoms with van der Waals surface area (Å²) in [7, 11) is 0. The van der Waals surface area contributed by atoms with Gasteiger partial charge in [-0.25, -0.2) is 0 Å². The molecule has 0 saturated carbocycles. The molecule has 0 unspecified atom stereocenters. The van der Waals surface area contributed by atoms with Gasteiger partial charge >= 0.3 is 5.97 Å². The van der Waals surface area contributed by atoms with Gasteiger partial charge in [0.2, 0.25) is 0 Å². The largest absolute Gasteiger partial charge is 0.455 e. The fraction of sp³-hybridized carbons (Fsp3) is 0.583. The van der Waals surface area contributed by atoms with Crippen molar-refractivity contribution in [2.75, 3.05) is 0 Å². The lowest BCUT2D eigenvalue weighted by Crippen LogP contribution is -2.29. The van der Waals surface area contributed by atoms with Crippen molar-refractivity contribution in [2.45, 2.75) is 38.2 Å². The van der Waals surface area contributed by atoms with E-state index in [-0.39, 0.29) is 11.6 Å². The summed E-state index contributed by atoms with van der Waals surface area (Å²) < 4.78 is 5.36. The molecule has 2 atom stereocenters. The summed E-state index contributed by atoms with van der Waals surface area (Å²) in [6, 6.07) is 0. The normalized spacial score (nSPS) is 36.1. The fourth-order valence-electron chi connectivity index (χ4n) is 2.22. The Kier molecular flexibility index (Phi) is 2.22. The molecule has 1 aliphatic heterocycles. The first kappa shape index (κ1) is 9.50. The van der Waals surface area contributed by atoms with Crippen molar-refractivity contribution in [3.63, 3.8) is 0 Å². The van der Waals surface area contributed by atoms with E-state index in [1.807, 2.05) is 6.92 Å². The molecule has 1 aliphatic carbocycles. The van der Waals surface area contributed by atoms with Crippen LogP contribution in [-0.4, -0.2) is 11.6 Å². The lowest BCUT2D eigenvalue weighted by atomic mass is 9.81. The predicted octanol–water partition coefficient (Wildman–Crippen LogP) is 2.60. The third-order valence-corrected chi connectivity index (χ3v) is 3.21. The summed E-state index contributed by atoms with van der Waals surface area (Å²) in [6.07, 6.45) is 7.64. The van der Waals surface area contributed by atoms with Crippen LogP contribution < -0.4 is 0 Å². The number of carbonyl (C=O) groups excluding carboxylic acids is 1. The van der Waals surface area contributed by atoms with Gasteiger partial charge in [0.1, 0.15) is 5.60 Å². The summed E-state index contributed by atoms with van der Waals surface area (Å²) in [5.74, 6) is 0.420. The van der Waals surface area contributed by atoms with E-state index in [0.717, 1.165) is 19.3 Å². The molecule has 76 valence electrons. The van der Waals surface area contributed by atoms with Gasteiger partial charge in [-0.05, 0) is 31.8 Å². The van der Waals surface area contributed by atoms with E-state index in [4.69, 9.17) is 4.74 Å². The molecule has 0 bridgehead atoms. The van der Waals surface area contributed by atoms with Gasteiger partial charge in [0.15, 0.2) is 0 Å². The van der Waals surface area contributed by atoms with Crippen LogP contribution in [0.2, 0.25) is 0 Å². The number of carbonyl (C=O) groups is 1. The van der Waals surface area contributed by atoms with Gasteiger partial charge in [-0.15, -0.1) is 0 Å². The molecular weight excluding hydrogens is 176 g/mol. The minimum absolute atomic E-state index is 0.0524. The van der Waals surface area contributed by atoms with Crippen molar-refractivity contribution in [2.24, 2.45) is 5.92 Å². The van der Waals surface area contributed by atoms with Crippen LogP contribution in [0.3, 0.4) is 0 Å². The quantitative estimate of drug-likeness (QED) is 0.471. The highest BCUT2D eigenvalue weighted by Gasteiger charge is 2.40. The van der Waals surface area contributed by atoms with E-state index in [9.17, 15) is 4.79 Å². The van der Waals surface area contributed by atoms with E-state index < -0.39 is 0 Å². The van der Waals surface area contributed by atoms with Gasteiger partial charge in [0.05, 0.1) is 0 Å².